The summed E-state index contributed by atoms with van der Waals surface area (Å²) < 4.78 is 29.7. The van der Waals surface area contributed by atoms with Crippen molar-refractivity contribution in [3.8, 4) is 0 Å². The van der Waals surface area contributed by atoms with Gasteiger partial charge in [0.25, 0.3) is 5.91 Å². The minimum absolute atomic E-state index is 0.0375. The number of rotatable bonds is 7. The van der Waals surface area contributed by atoms with Crippen molar-refractivity contribution >= 4 is 22.6 Å². The summed E-state index contributed by atoms with van der Waals surface area (Å²) in [6.45, 7) is 1.97. The van der Waals surface area contributed by atoms with Crippen molar-refractivity contribution in [2.24, 2.45) is 5.92 Å². The van der Waals surface area contributed by atoms with Crippen LogP contribution in [0.2, 0.25) is 0 Å². The van der Waals surface area contributed by atoms with Gasteiger partial charge < -0.3 is 9.67 Å². The standard InChI is InChI=1S/C28H32F2N4O4/c1-32(38)27(36)24-12-22-20(15-33-9-7-28(37,8-10-33)13-18-3-2-4-26(18)35)17-34(25(22)14-31-24)16-19-5-6-21(29)11-23(19)30/h5-6,11-12,14,17-18,37-38H,2-4,7-10,13,15-16H2,1H3. The normalized spacial score (nSPS) is 19.8. The summed E-state index contributed by atoms with van der Waals surface area (Å²) in [4.78, 5) is 30.9. The van der Waals surface area contributed by atoms with Crippen LogP contribution in [-0.2, 0) is 17.9 Å². The lowest BCUT2D eigenvalue weighted by Crippen LogP contribution is -2.45. The second-order valence-electron chi connectivity index (χ2n) is 10.7. The number of carbonyl (C=O) groups is 2. The van der Waals surface area contributed by atoms with Crippen LogP contribution in [0.3, 0.4) is 0 Å². The monoisotopic (exact) mass is 526 g/mol. The van der Waals surface area contributed by atoms with Gasteiger partial charge >= 0.3 is 0 Å². The molecule has 1 aromatic carbocycles. The van der Waals surface area contributed by atoms with Crippen molar-refractivity contribution in [2.45, 2.75) is 57.2 Å². The van der Waals surface area contributed by atoms with Crippen molar-refractivity contribution in [2.75, 3.05) is 20.1 Å². The van der Waals surface area contributed by atoms with E-state index < -0.39 is 23.1 Å². The predicted octanol–water partition coefficient (Wildman–Crippen LogP) is 3.91. The van der Waals surface area contributed by atoms with Gasteiger partial charge in [-0.05, 0) is 49.8 Å². The van der Waals surface area contributed by atoms with E-state index in [1.54, 1.807) is 6.07 Å². The molecular weight excluding hydrogens is 494 g/mol. The van der Waals surface area contributed by atoms with E-state index in [1.165, 1.54) is 25.4 Å². The lowest BCUT2D eigenvalue weighted by atomic mass is 9.82. The van der Waals surface area contributed by atoms with Gasteiger partial charge in [0.05, 0.1) is 23.9 Å². The highest BCUT2D eigenvalue weighted by Crippen LogP contribution is 2.35. The smallest absolute Gasteiger partial charge is 0.295 e. The third-order valence-corrected chi connectivity index (χ3v) is 7.96. The van der Waals surface area contributed by atoms with Crippen molar-refractivity contribution < 1.29 is 28.7 Å². The Morgan fingerprint density at radius 2 is 1.95 bits per heavy atom. The molecule has 3 heterocycles. The van der Waals surface area contributed by atoms with Gasteiger partial charge in [-0.3, -0.25) is 19.7 Å². The molecule has 2 N–H and O–H groups in total. The Balaban J connectivity index is 1.38. The molecule has 1 unspecified atom stereocenters. The lowest BCUT2D eigenvalue weighted by molar-refractivity contribution is -0.123. The first kappa shape index (κ1) is 26.4. The maximum atomic E-state index is 14.4. The third kappa shape index (κ3) is 5.48. The molecule has 10 heteroatoms. The molecule has 0 bridgehead atoms. The van der Waals surface area contributed by atoms with E-state index >= 15 is 0 Å². The number of nitrogens with zero attached hydrogens (tertiary/aromatic N) is 4. The molecule has 202 valence electrons. The number of hydroxylamine groups is 2. The molecule has 1 atom stereocenters. The Morgan fingerprint density at radius 1 is 1.18 bits per heavy atom. The van der Waals surface area contributed by atoms with Crippen LogP contribution in [0.4, 0.5) is 8.78 Å². The number of Topliss-reactive ketones (excluding diaryl/α,β-unsaturated/α-hetero) is 1. The van der Waals surface area contributed by atoms with Crippen LogP contribution < -0.4 is 0 Å². The van der Waals surface area contributed by atoms with Crippen LogP contribution in [0, 0.1) is 17.6 Å². The predicted molar refractivity (Wildman–Crippen MR) is 135 cm³/mol. The molecule has 1 aliphatic carbocycles. The lowest BCUT2D eigenvalue weighted by Gasteiger charge is -2.39. The van der Waals surface area contributed by atoms with Gasteiger partial charge in [0.15, 0.2) is 0 Å². The third-order valence-electron chi connectivity index (χ3n) is 7.96. The summed E-state index contributed by atoms with van der Waals surface area (Å²) >= 11 is 0. The highest BCUT2D eigenvalue weighted by molar-refractivity contribution is 5.96. The second-order valence-corrected chi connectivity index (χ2v) is 10.7. The molecule has 2 aromatic heterocycles. The first-order chi connectivity index (χ1) is 18.1. The second kappa shape index (κ2) is 10.5. The number of aliphatic hydroxyl groups is 1. The average molecular weight is 527 g/mol. The Kier molecular flexibility index (Phi) is 7.30. The number of halogens is 2. The van der Waals surface area contributed by atoms with Crippen molar-refractivity contribution in [3.05, 3.63) is 65.1 Å². The zero-order valence-corrected chi connectivity index (χ0v) is 21.4. The number of carbonyl (C=O) groups excluding carboxylic acids is 2. The minimum Gasteiger partial charge on any atom is -0.390 e. The van der Waals surface area contributed by atoms with E-state index in [0.29, 0.717) is 61.5 Å². The molecule has 1 aliphatic heterocycles. The van der Waals surface area contributed by atoms with Crippen LogP contribution in [0.15, 0.2) is 36.7 Å². The van der Waals surface area contributed by atoms with E-state index in [-0.39, 0.29) is 23.9 Å². The van der Waals surface area contributed by atoms with Gasteiger partial charge in [-0.25, -0.2) is 18.8 Å². The molecule has 3 aromatic rings. The Bertz CT molecular complexity index is 1360. The topological polar surface area (TPSA) is 98.9 Å². The first-order valence-electron chi connectivity index (χ1n) is 13.0. The van der Waals surface area contributed by atoms with Gasteiger partial charge in [0.2, 0.25) is 0 Å². The number of likely N-dealkylation sites (tertiary alicyclic amines) is 1. The summed E-state index contributed by atoms with van der Waals surface area (Å²) in [6, 6.07) is 5.08. The van der Waals surface area contributed by atoms with Gasteiger partial charge in [-0.2, -0.15) is 0 Å². The SMILES string of the molecule is CN(O)C(=O)c1cc2c(CN3CCC(O)(CC4CCCC4=O)CC3)cn(Cc3ccc(F)cc3F)c2cn1. The van der Waals surface area contributed by atoms with Crippen molar-refractivity contribution in [1.29, 1.82) is 0 Å². The number of ketones is 1. The zero-order valence-electron chi connectivity index (χ0n) is 21.4. The van der Waals surface area contributed by atoms with Gasteiger partial charge in [0.1, 0.15) is 23.1 Å². The molecule has 1 saturated heterocycles. The molecule has 2 fully saturated rings. The molecule has 5 rings (SSSR count). The summed E-state index contributed by atoms with van der Waals surface area (Å²) in [7, 11) is 1.23. The van der Waals surface area contributed by atoms with Crippen LogP contribution in [0.5, 0.6) is 0 Å². The molecule has 2 aliphatic rings. The maximum absolute atomic E-state index is 14.4. The summed E-state index contributed by atoms with van der Waals surface area (Å²) in [5, 5.41) is 22.0. The highest BCUT2D eigenvalue weighted by Gasteiger charge is 2.38. The van der Waals surface area contributed by atoms with Crippen LogP contribution in [-0.4, -0.2) is 67.3 Å². The summed E-state index contributed by atoms with van der Waals surface area (Å²) in [5.41, 5.74) is 1.10. The number of hydrogen-bond acceptors (Lipinski definition) is 6. The summed E-state index contributed by atoms with van der Waals surface area (Å²) in [5.74, 6) is -1.72. The van der Waals surface area contributed by atoms with Crippen LogP contribution in [0.1, 0.15) is 60.1 Å². The number of aromatic nitrogens is 2. The summed E-state index contributed by atoms with van der Waals surface area (Å²) in [6.07, 6.45) is 7.43. The van der Waals surface area contributed by atoms with Crippen molar-refractivity contribution in [3.63, 3.8) is 0 Å². The molecule has 38 heavy (non-hydrogen) atoms. The Morgan fingerprint density at radius 3 is 2.61 bits per heavy atom. The Labute approximate surface area is 219 Å². The average Bonchev–Trinajstić information content (AvgIpc) is 3.44. The molecular formula is C28H32F2N4O4. The quantitative estimate of drug-likeness (QED) is 0.358. The number of hydrogen-bond donors (Lipinski definition) is 2. The Hall–Kier alpha value is -3.21. The van der Waals surface area contributed by atoms with E-state index in [1.807, 2.05) is 10.8 Å². The van der Waals surface area contributed by atoms with E-state index in [4.69, 9.17) is 0 Å². The fraction of sp³-hybridized carbons (Fsp3) is 0.464. The van der Waals surface area contributed by atoms with Crippen LogP contribution in [0.25, 0.3) is 10.9 Å². The number of pyridine rings is 1. The number of amides is 1. The van der Waals surface area contributed by atoms with E-state index in [0.717, 1.165) is 29.9 Å². The maximum Gasteiger partial charge on any atom is 0.295 e. The molecule has 0 spiro atoms. The van der Waals surface area contributed by atoms with Crippen LogP contribution >= 0.6 is 0 Å². The van der Waals surface area contributed by atoms with E-state index in [2.05, 4.69) is 9.88 Å². The molecule has 1 amide bonds. The molecule has 0 radical (unpaired) electrons. The molecule has 1 saturated carbocycles. The van der Waals surface area contributed by atoms with E-state index in [9.17, 15) is 28.7 Å². The fourth-order valence-corrected chi connectivity index (χ4v) is 5.77. The van der Waals surface area contributed by atoms with Gasteiger partial charge in [-0.15, -0.1) is 0 Å². The first-order valence-corrected chi connectivity index (χ1v) is 13.0. The zero-order chi connectivity index (χ0) is 27.0. The largest absolute Gasteiger partial charge is 0.390 e. The highest BCUT2D eigenvalue weighted by atomic mass is 19.1. The number of fused-ring (bicyclic) bond motifs is 1. The fourth-order valence-electron chi connectivity index (χ4n) is 5.77. The molecule has 8 nitrogen and oxygen atoms in total. The number of benzene rings is 1. The minimum atomic E-state index is -0.843. The van der Waals surface area contributed by atoms with Crippen molar-refractivity contribution in [1.82, 2.24) is 19.5 Å². The van der Waals surface area contributed by atoms with Gasteiger partial charge in [0, 0.05) is 62.2 Å². The van der Waals surface area contributed by atoms with Gasteiger partial charge in [-0.1, -0.05) is 6.07 Å². The number of piperidine rings is 1.